The quantitative estimate of drug-likeness (QED) is 0.524. The first kappa shape index (κ1) is 15.8. The number of nitrogens with one attached hydrogen (secondary N) is 1. The van der Waals surface area contributed by atoms with Gasteiger partial charge in [-0.3, -0.25) is 0 Å². The van der Waals surface area contributed by atoms with Gasteiger partial charge >= 0.3 is 0 Å². The van der Waals surface area contributed by atoms with E-state index in [1.807, 2.05) is 6.92 Å². The highest BCUT2D eigenvalue weighted by Gasteiger charge is 1.98. The summed E-state index contributed by atoms with van der Waals surface area (Å²) in [7, 11) is 6.39. The lowest BCUT2D eigenvalue weighted by Gasteiger charge is -2.19. The average Bonchev–Trinajstić information content (AvgIpc) is 2.25. The van der Waals surface area contributed by atoms with Crippen molar-refractivity contribution in [1.82, 2.24) is 15.1 Å². The summed E-state index contributed by atoms with van der Waals surface area (Å²) in [6, 6.07) is 0. The molecule has 0 aromatic rings. The minimum Gasteiger partial charge on any atom is -0.382 e. The standard InChI is InChI=1S/C12H29N3O/c1-5-16-12-6-7-13-8-9-15(4)11-10-14(2)3/h13H,5-12H2,1-4H3. The van der Waals surface area contributed by atoms with Crippen molar-refractivity contribution in [2.24, 2.45) is 0 Å². The molecule has 0 aliphatic carbocycles. The third kappa shape index (κ3) is 11.9. The number of hydrogen-bond donors (Lipinski definition) is 1. The van der Waals surface area contributed by atoms with Gasteiger partial charge < -0.3 is 19.9 Å². The average molecular weight is 231 g/mol. The SMILES string of the molecule is CCOCCCNCCN(C)CCN(C)C. The topological polar surface area (TPSA) is 27.7 Å². The fourth-order valence-corrected chi connectivity index (χ4v) is 1.32. The Morgan fingerprint density at radius 3 is 2.38 bits per heavy atom. The van der Waals surface area contributed by atoms with Crippen molar-refractivity contribution < 1.29 is 4.74 Å². The summed E-state index contributed by atoms with van der Waals surface area (Å²) in [6.45, 7) is 9.23. The van der Waals surface area contributed by atoms with E-state index < -0.39 is 0 Å². The van der Waals surface area contributed by atoms with Crippen LogP contribution in [0.5, 0.6) is 0 Å². The van der Waals surface area contributed by atoms with Crippen molar-refractivity contribution >= 4 is 0 Å². The van der Waals surface area contributed by atoms with Gasteiger partial charge in [0.05, 0.1) is 0 Å². The minimum atomic E-state index is 0.827. The van der Waals surface area contributed by atoms with E-state index in [4.69, 9.17) is 4.74 Å². The summed E-state index contributed by atoms with van der Waals surface area (Å²) >= 11 is 0. The molecule has 0 aliphatic heterocycles. The second kappa shape index (κ2) is 11.3. The molecule has 0 saturated carbocycles. The fraction of sp³-hybridized carbons (Fsp3) is 1.00. The van der Waals surface area contributed by atoms with Gasteiger partial charge in [0.2, 0.25) is 0 Å². The predicted octanol–water partition coefficient (Wildman–Crippen LogP) is 0.496. The Hall–Kier alpha value is -0.160. The monoisotopic (exact) mass is 231 g/mol. The molecule has 1 N–H and O–H groups in total. The summed E-state index contributed by atoms with van der Waals surface area (Å²) in [4.78, 5) is 4.57. The number of likely N-dealkylation sites (N-methyl/N-ethyl adjacent to an activating group) is 2. The van der Waals surface area contributed by atoms with Gasteiger partial charge in [-0.15, -0.1) is 0 Å². The number of nitrogens with zero attached hydrogens (tertiary/aromatic N) is 2. The Labute approximate surface area is 101 Å². The van der Waals surface area contributed by atoms with Crippen LogP contribution in [0, 0.1) is 0 Å². The summed E-state index contributed by atoms with van der Waals surface area (Å²) in [5.41, 5.74) is 0. The van der Waals surface area contributed by atoms with Crippen LogP contribution in [0.4, 0.5) is 0 Å². The number of hydrogen-bond acceptors (Lipinski definition) is 4. The zero-order valence-corrected chi connectivity index (χ0v) is 11.5. The van der Waals surface area contributed by atoms with Crippen molar-refractivity contribution in [2.75, 3.05) is 67.1 Å². The molecule has 0 atom stereocenters. The van der Waals surface area contributed by atoms with E-state index in [9.17, 15) is 0 Å². The largest absolute Gasteiger partial charge is 0.382 e. The molecule has 0 rings (SSSR count). The van der Waals surface area contributed by atoms with Gasteiger partial charge in [0.25, 0.3) is 0 Å². The third-order valence-corrected chi connectivity index (χ3v) is 2.45. The van der Waals surface area contributed by atoms with E-state index in [0.717, 1.165) is 52.4 Å². The fourth-order valence-electron chi connectivity index (χ4n) is 1.32. The second-order valence-corrected chi connectivity index (χ2v) is 4.41. The van der Waals surface area contributed by atoms with Gasteiger partial charge in [0.1, 0.15) is 0 Å². The summed E-state index contributed by atoms with van der Waals surface area (Å²) in [6.07, 6.45) is 1.11. The molecule has 0 heterocycles. The maximum Gasteiger partial charge on any atom is 0.0477 e. The summed E-state index contributed by atoms with van der Waals surface area (Å²) in [5, 5.41) is 3.43. The van der Waals surface area contributed by atoms with Gasteiger partial charge in [-0.25, -0.2) is 0 Å². The lowest BCUT2D eigenvalue weighted by Crippen LogP contribution is -2.34. The molecule has 0 aromatic carbocycles. The predicted molar refractivity (Wildman–Crippen MR) is 70.0 cm³/mol. The minimum absolute atomic E-state index is 0.827. The van der Waals surface area contributed by atoms with Crippen molar-refractivity contribution in [2.45, 2.75) is 13.3 Å². The van der Waals surface area contributed by atoms with Gasteiger partial charge in [0.15, 0.2) is 0 Å². The molecule has 0 saturated heterocycles. The first-order valence-corrected chi connectivity index (χ1v) is 6.28. The van der Waals surface area contributed by atoms with Crippen molar-refractivity contribution in [3.05, 3.63) is 0 Å². The van der Waals surface area contributed by atoms with Crippen LogP contribution in [0.2, 0.25) is 0 Å². The highest BCUT2D eigenvalue weighted by atomic mass is 16.5. The zero-order valence-electron chi connectivity index (χ0n) is 11.5. The van der Waals surface area contributed by atoms with Crippen LogP contribution in [0.3, 0.4) is 0 Å². The molecule has 98 valence electrons. The van der Waals surface area contributed by atoms with E-state index >= 15 is 0 Å². The zero-order chi connectivity index (χ0) is 12.2. The van der Waals surface area contributed by atoms with E-state index in [1.165, 1.54) is 0 Å². The van der Waals surface area contributed by atoms with Gasteiger partial charge in [-0.1, -0.05) is 0 Å². The molecule has 0 fully saturated rings. The first-order chi connectivity index (χ1) is 7.66. The van der Waals surface area contributed by atoms with E-state index in [1.54, 1.807) is 0 Å². The lowest BCUT2D eigenvalue weighted by atomic mass is 10.4. The number of ether oxygens (including phenoxy) is 1. The lowest BCUT2D eigenvalue weighted by molar-refractivity contribution is 0.144. The molecule has 0 unspecified atom stereocenters. The molecular weight excluding hydrogens is 202 g/mol. The Balaban J connectivity index is 3.12. The van der Waals surface area contributed by atoms with Crippen LogP contribution < -0.4 is 5.32 Å². The smallest absolute Gasteiger partial charge is 0.0477 e. The van der Waals surface area contributed by atoms with Gasteiger partial charge in [-0.05, 0) is 41.0 Å². The molecule has 0 bridgehead atoms. The highest BCUT2D eigenvalue weighted by molar-refractivity contribution is 4.56. The molecule has 16 heavy (non-hydrogen) atoms. The van der Waals surface area contributed by atoms with Gasteiger partial charge in [0, 0.05) is 39.4 Å². The second-order valence-electron chi connectivity index (χ2n) is 4.41. The van der Waals surface area contributed by atoms with E-state index in [2.05, 4.69) is 36.3 Å². The highest BCUT2D eigenvalue weighted by Crippen LogP contribution is 1.84. The van der Waals surface area contributed by atoms with Crippen LogP contribution in [0.15, 0.2) is 0 Å². The molecule has 0 aliphatic rings. The van der Waals surface area contributed by atoms with Crippen molar-refractivity contribution in [3.8, 4) is 0 Å². The third-order valence-electron chi connectivity index (χ3n) is 2.45. The van der Waals surface area contributed by atoms with Crippen LogP contribution >= 0.6 is 0 Å². The molecule has 0 radical (unpaired) electrons. The normalized spacial score (nSPS) is 11.6. The molecule has 0 aromatic heterocycles. The van der Waals surface area contributed by atoms with Crippen LogP contribution in [0.1, 0.15) is 13.3 Å². The molecular formula is C12H29N3O. The molecule has 0 spiro atoms. The van der Waals surface area contributed by atoms with Crippen molar-refractivity contribution in [1.29, 1.82) is 0 Å². The Morgan fingerprint density at radius 2 is 1.75 bits per heavy atom. The first-order valence-electron chi connectivity index (χ1n) is 6.28. The molecule has 0 amide bonds. The van der Waals surface area contributed by atoms with E-state index in [0.29, 0.717) is 0 Å². The van der Waals surface area contributed by atoms with Crippen LogP contribution in [0.25, 0.3) is 0 Å². The van der Waals surface area contributed by atoms with E-state index in [-0.39, 0.29) is 0 Å². The van der Waals surface area contributed by atoms with Crippen molar-refractivity contribution in [3.63, 3.8) is 0 Å². The molecule has 4 nitrogen and oxygen atoms in total. The maximum atomic E-state index is 5.27. The molecule has 4 heteroatoms. The van der Waals surface area contributed by atoms with Crippen LogP contribution in [-0.2, 0) is 4.74 Å². The Bertz CT molecular complexity index is 142. The van der Waals surface area contributed by atoms with Crippen LogP contribution in [-0.4, -0.2) is 76.9 Å². The Kier molecular flexibility index (Phi) is 11.2. The Morgan fingerprint density at radius 1 is 1.00 bits per heavy atom. The number of rotatable bonds is 11. The maximum absolute atomic E-state index is 5.27. The summed E-state index contributed by atoms with van der Waals surface area (Å²) < 4.78 is 5.27. The van der Waals surface area contributed by atoms with Gasteiger partial charge in [-0.2, -0.15) is 0 Å². The summed E-state index contributed by atoms with van der Waals surface area (Å²) in [5.74, 6) is 0.